The van der Waals surface area contributed by atoms with Gasteiger partial charge in [-0.1, -0.05) is 35.0 Å². The third-order valence-corrected chi connectivity index (χ3v) is 4.50. The molecule has 0 N–H and O–H groups in total. The SMILES string of the molecule is Cc1cc(C)nc(SC(C)C(=O)c2ccc(Cl)cc2Cl)c1. The number of aryl methyl sites for hydroxylation is 2. The first-order chi connectivity index (χ1) is 9.86. The van der Waals surface area contributed by atoms with E-state index < -0.39 is 0 Å². The van der Waals surface area contributed by atoms with Crippen LogP contribution in [0.3, 0.4) is 0 Å². The summed E-state index contributed by atoms with van der Waals surface area (Å²) in [6.07, 6.45) is 0. The lowest BCUT2D eigenvalue weighted by atomic mass is 10.1. The van der Waals surface area contributed by atoms with Crippen LogP contribution in [0.25, 0.3) is 0 Å². The summed E-state index contributed by atoms with van der Waals surface area (Å²) >= 11 is 13.4. The van der Waals surface area contributed by atoms with Crippen molar-refractivity contribution in [1.29, 1.82) is 0 Å². The van der Waals surface area contributed by atoms with Crippen molar-refractivity contribution >= 4 is 40.7 Å². The largest absolute Gasteiger partial charge is 0.293 e. The van der Waals surface area contributed by atoms with E-state index in [1.807, 2.05) is 32.9 Å². The van der Waals surface area contributed by atoms with Gasteiger partial charge in [-0.05, 0) is 56.7 Å². The van der Waals surface area contributed by atoms with E-state index in [-0.39, 0.29) is 11.0 Å². The van der Waals surface area contributed by atoms with Gasteiger partial charge in [0.05, 0.1) is 15.3 Å². The summed E-state index contributed by atoms with van der Waals surface area (Å²) in [7, 11) is 0. The Morgan fingerprint density at radius 1 is 1.19 bits per heavy atom. The van der Waals surface area contributed by atoms with Crippen LogP contribution in [0.5, 0.6) is 0 Å². The molecule has 5 heteroatoms. The molecule has 0 spiro atoms. The molecule has 110 valence electrons. The van der Waals surface area contributed by atoms with E-state index in [1.54, 1.807) is 18.2 Å². The van der Waals surface area contributed by atoms with Gasteiger partial charge in [-0.15, -0.1) is 0 Å². The number of Topliss-reactive ketones (excluding diaryl/α,β-unsaturated/α-hetero) is 1. The summed E-state index contributed by atoms with van der Waals surface area (Å²) in [6, 6.07) is 8.91. The summed E-state index contributed by atoms with van der Waals surface area (Å²) in [5, 5.41) is 1.48. The number of carbonyl (C=O) groups excluding carboxylic acids is 1. The summed E-state index contributed by atoms with van der Waals surface area (Å²) in [4.78, 5) is 16.9. The van der Waals surface area contributed by atoms with E-state index in [9.17, 15) is 4.79 Å². The molecule has 21 heavy (non-hydrogen) atoms. The number of nitrogens with zero attached hydrogens (tertiary/aromatic N) is 1. The van der Waals surface area contributed by atoms with Crippen LogP contribution < -0.4 is 0 Å². The fourth-order valence-electron chi connectivity index (χ4n) is 2.01. The monoisotopic (exact) mass is 339 g/mol. The summed E-state index contributed by atoms with van der Waals surface area (Å²) in [5.41, 5.74) is 2.57. The highest BCUT2D eigenvalue weighted by Gasteiger charge is 2.20. The van der Waals surface area contributed by atoms with E-state index in [4.69, 9.17) is 23.2 Å². The molecule has 0 fully saturated rings. The molecule has 1 atom stereocenters. The van der Waals surface area contributed by atoms with Gasteiger partial charge in [0.15, 0.2) is 5.78 Å². The van der Waals surface area contributed by atoms with Gasteiger partial charge in [0, 0.05) is 16.3 Å². The molecule has 0 radical (unpaired) electrons. The third kappa shape index (κ3) is 4.22. The summed E-state index contributed by atoms with van der Waals surface area (Å²) in [5.74, 6) is -0.0253. The first-order valence-corrected chi connectivity index (χ1v) is 8.11. The van der Waals surface area contributed by atoms with E-state index in [1.165, 1.54) is 11.8 Å². The Morgan fingerprint density at radius 3 is 2.52 bits per heavy atom. The normalized spacial score (nSPS) is 12.2. The third-order valence-electron chi connectivity index (χ3n) is 2.94. The molecule has 0 aliphatic heterocycles. The standard InChI is InChI=1S/C16H15Cl2NOS/c1-9-6-10(2)19-15(7-9)21-11(3)16(20)13-5-4-12(17)8-14(13)18/h4-8,11H,1-3H3. The van der Waals surface area contributed by atoms with E-state index >= 15 is 0 Å². The van der Waals surface area contributed by atoms with Crippen LogP contribution in [0, 0.1) is 13.8 Å². The van der Waals surface area contributed by atoms with Crippen LogP contribution >= 0.6 is 35.0 Å². The Bertz CT molecular complexity index is 668. The van der Waals surface area contributed by atoms with Crippen molar-refractivity contribution in [2.45, 2.75) is 31.0 Å². The number of ketones is 1. The van der Waals surface area contributed by atoms with Crippen molar-refractivity contribution in [1.82, 2.24) is 4.98 Å². The molecule has 2 aromatic rings. The summed E-state index contributed by atoms with van der Waals surface area (Å²) in [6.45, 7) is 5.82. The zero-order chi connectivity index (χ0) is 15.6. The average molecular weight is 340 g/mol. The fraction of sp³-hybridized carbons (Fsp3) is 0.250. The van der Waals surface area contributed by atoms with Crippen LogP contribution in [0.2, 0.25) is 10.0 Å². The molecule has 0 saturated heterocycles. The molecule has 1 unspecified atom stereocenters. The molecule has 0 aliphatic rings. The molecule has 1 aromatic carbocycles. The second kappa shape index (κ2) is 6.82. The number of hydrogen-bond donors (Lipinski definition) is 0. The first-order valence-electron chi connectivity index (χ1n) is 6.48. The van der Waals surface area contributed by atoms with Crippen molar-refractivity contribution < 1.29 is 4.79 Å². The minimum Gasteiger partial charge on any atom is -0.293 e. The molecular formula is C16H15Cl2NOS. The Balaban J connectivity index is 2.19. The molecule has 1 heterocycles. The number of rotatable bonds is 4. The summed E-state index contributed by atoms with van der Waals surface area (Å²) < 4.78 is 0. The molecule has 2 rings (SSSR count). The topological polar surface area (TPSA) is 30.0 Å². The van der Waals surface area contributed by atoms with Crippen molar-refractivity contribution in [2.75, 3.05) is 0 Å². The number of halogens is 2. The van der Waals surface area contributed by atoms with Gasteiger partial charge in [-0.25, -0.2) is 4.98 Å². The molecule has 1 aromatic heterocycles. The van der Waals surface area contributed by atoms with Crippen LogP contribution in [-0.4, -0.2) is 16.0 Å². The molecular weight excluding hydrogens is 325 g/mol. The van der Waals surface area contributed by atoms with Crippen molar-refractivity contribution in [3.63, 3.8) is 0 Å². The second-order valence-corrected chi connectivity index (χ2v) is 7.08. The predicted molar refractivity (Wildman–Crippen MR) is 89.8 cm³/mol. The van der Waals surface area contributed by atoms with Gasteiger partial charge in [0.25, 0.3) is 0 Å². The Morgan fingerprint density at radius 2 is 1.90 bits per heavy atom. The maximum Gasteiger partial charge on any atom is 0.177 e. The number of pyridine rings is 1. The lowest BCUT2D eigenvalue weighted by molar-refractivity contribution is 0.0994. The van der Waals surface area contributed by atoms with Gasteiger partial charge in [0.2, 0.25) is 0 Å². The lowest BCUT2D eigenvalue weighted by Crippen LogP contribution is -2.14. The van der Waals surface area contributed by atoms with E-state index in [0.717, 1.165) is 16.3 Å². The Kier molecular flexibility index (Phi) is 5.31. The molecule has 0 aliphatic carbocycles. The van der Waals surface area contributed by atoms with Crippen LogP contribution in [-0.2, 0) is 0 Å². The van der Waals surface area contributed by atoms with Crippen LogP contribution in [0.15, 0.2) is 35.4 Å². The molecule has 0 bridgehead atoms. The van der Waals surface area contributed by atoms with Crippen LogP contribution in [0.4, 0.5) is 0 Å². The van der Waals surface area contributed by atoms with Crippen molar-refractivity contribution in [2.24, 2.45) is 0 Å². The highest BCUT2D eigenvalue weighted by atomic mass is 35.5. The number of benzene rings is 1. The maximum absolute atomic E-state index is 12.5. The minimum atomic E-state index is -0.266. The smallest absolute Gasteiger partial charge is 0.177 e. The zero-order valence-corrected chi connectivity index (χ0v) is 14.3. The Labute approximate surface area is 138 Å². The lowest BCUT2D eigenvalue weighted by Gasteiger charge is -2.12. The number of thioether (sulfide) groups is 1. The van der Waals surface area contributed by atoms with Gasteiger partial charge in [-0.2, -0.15) is 0 Å². The molecule has 0 amide bonds. The van der Waals surface area contributed by atoms with E-state index in [0.29, 0.717) is 15.6 Å². The fourth-order valence-corrected chi connectivity index (χ4v) is 3.56. The highest BCUT2D eigenvalue weighted by Crippen LogP contribution is 2.28. The van der Waals surface area contributed by atoms with Gasteiger partial charge in [0.1, 0.15) is 0 Å². The number of carbonyl (C=O) groups is 1. The second-order valence-electron chi connectivity index (χ2n) is 4.87. The zero-order valence-electron chi connectivity index (χ0n) is 12.0. The average Bonchev–Trinajstić information content (AvgIpc) is 2.36. The number of aromatic nitrogens is 1. The van der Waals surface area contributed by atoms with Crippen LogP contribution in [0.1, 0.15) is 28.5 Å². The predicted octanol–water partition coefficient (Wildman–Crippen LogP) is 5.37. The van der Waals surface area contributed by atoms with Gasteiger partial charge >= 0.3 is 0 Å². The quantitative estimate of drug-likeness (QED) is 0.554. The van der Waals surface area contributed by atoms with Gasteiger partial charge < -0.3 is 0 Å². The first kappa shape index (κ1) is 16.3. The minimum absolute atomic E-state index is 0.0253. The van der Waals surface area contributed by atoms with Crippen molar-refractivity contribution in [3.05, 3.63) is 57.2 Å². The highest BCUT2D eigenvalue weighted by molar-refractivity contribution is 8.00. The maximum atomic E-state index is 12.5. The Hall–Kier alpha value is -1.03. The van der Waals surface area contributed by atoms with Gasteiger partial charge in [-0.3, -0.25) is 4.79 Å². The number of hydrogen-bond acceptors (Lipinski definition) is 3. The molecule has 2 nitrogen and oxygen atoms in total. The molecule has 0 saturated carbocycles. The van der Waals surface area contributed by atoms with Crippen molar-refractivity contribution in [3.8, 4) is 0 Å². The van der Waals surface area contributed by atoms with E-state index in [2.05, 4.69) is 4.98 Å².